The highest BCUT2D eigenvalue weighted by Crippen LogP contribution is 2.36. The van der Waals surface area contributed by atoms with Crippen molar-refractivity contribution in [3.05, 3.63) is 34.9 Å². The molecule has 1 aromatic rings. The van der Waals surface area contributed by atoms with Gasteiger partial charge in [0.1, 0.15) is 0 Å². The van der Waals surface area contributed by atoms with Crippen molar-refractivity contribution in [3.63, 3.8) is 0 Å². The number of carbonyl (C=O) groups is 2. The third-order valence-corrected chi connectivity index (χ3v) is 3.17. The molecule has 3 nitrogen and oxygen atoms in total. The number of Topliss-reactive ketones (excluding diaryl/α,β-unsaturated/α-hetero) is 1. The molecule has 0 heterocycles. The number of amides is 1. The number of hydrogen-bond donors (Lipinski definition) is 1. The first kappa shape index (κ1) is 18.7. The summed E-state index contributed by atoms with van der Waals surface area (Å²) in [5, 5.41) is 1.98. The molecule has 0 atom stereocenters. The molecule has 0 bridgehead atoms. The molecule has 0 aliphatic rings. The number of alkyl halides is 7. The highest BCUT2D eigenvalue weighted by molar-refractivity contribution is 14.1. The van der Waals surface area contributed by atoms with Crippen molar-refractivity contribution >= 4 is 34.3 Å². The Hall–Kier alpha value is -1.33. The second-order valence-corrected chi connectivity index (χ2v) is 4.92. The number of ketones is 1. The number of nitrogens with one attached hydrogen (secondary N) is 1. The van der Waals surface area contributed by atoms with Crippen LogP contribution >= 0.6 is 22.6 Å². The first-order valence-corrected chi connectivity index (χ1v) is 7.13. The Bertz CT molecular complexity index is 550. The lowest BCUT2D eigenvalue weighted by Gasteiger charge is -2.14. The molecular formula is C12H8F6INO2. The molecule has 1 amide bonds. The van der Waals surface area contributed by atoms with E-state index in [0.717, 1.165) is 0 Å². The van der Waals surface area contributed by atoms with E-state index in [9.17, 15) is 35.9 Å². The average Bonchev–Trinajstić information content (AvgIpc) is 2.41. The lowest BCUT2D eigenvalue weighted by molar-refractivity contribution is -0.143. The third kappa shape index (κ3) is 5.14. The van der Waals surface area contributed by atoms with Gasteiger partial charge in [-0.05, 0) is 23.8 Å². The van der Waals surface area contributed by atoms with Gasteiger partial charge in [-0.3, -0.25) is 9.59 Å². The van der Waals surface area contributed by atoms with E-state index in [2.05, 4.69) is 0 Å². The standard InChI is InChI=1S/C12H8F6INO2/c13-11(14,15)7-1-6(2-8(3-7)12(16,17)18)5-20-10(22)9(21)4-19/h1-3H,4-5H2,(H,20,22). The Labute approximate surface area is 134 Å². The zero-order valence-corrected chi connectivity index (χ0v) is 12.8. The summed E-state index contributed by atoms with van der Waals surface area (Å²) in [6, 6.07) is 0.968. The minimum absolute atomic E-state index is 0.0126. The molecule has 1 aromatic carbocycles. The minimum atomic E-state index is -4.96. The maximum Gasteiger partial charge on any atom is 0.416 e. The third-order valence-electron chi connectivity index (χ3n) is 2.48. The Morgan fingerprint density at radius 1 is 0.955 bits per heavy atom. The number of rotatable bonds is 4. The molecule has 22 heavy (non-hydrogen) atoms. The van der Waals surface area contributed by atoms with Gasteiger partial charge in [-0.25, -0.2) is 0 Å². The normalized spacial score (nSPS) is 12.1. The lowest BCUT2D eigenvalue weighted by Crippen LogP contribution is -2.31. The van der Waals surface area contributed by atoms with Crippen LogP contribution in [0.1, 0.15) is 16.7 Å². The van der Waals surface area contributed by atoms with Gasteiger partial charge in [0.05, 0.1) is 15.6 Å². The van der Waals surface area contributed by atoms with Crippen LogP contribution in [0, 0.1) is 0 Å². The fourth-order valence-electron chi connectivity index (χ4n) is 1.46. The van der Waals surface area contributed by atoms with Gasteiger partial charge in [0.15, 0.2) is 0 Å². The van der Waals surface area contributed by atoms with Gasteiger partial charge >= 0.3 is 12.4 Å². The molecule has 0 saturated carbocycles. The van der Waals surface area contributed by atoms with E-state index in [4.69, 9.17) is 0 Å². The van der Waals surface area contributed by atoms with Crippen LogP contribution in [0.4, 0.5) is 26.3 Å². The first-order chi connectivity index (χ1) is 9.95. The van der Waals surface area contributed by atoms with Crippen LogP contribution in [0.2, 0.25) is 0 Å². The molecule has 0 unspecified atom stereocenters. The van der Waals surface area contributed by atoms with Gasteiger partial charge < -0.3 is 5.32 Å². The van der Waals surface area contributed by atoms with Crippen LogP contribution in [0.15, 0.2) is 18.2 Å². The highest BCUT2D eigenvalue weighted by atomic mass is 127. The average molecular weight is 439 g/mol. The zero-order valence-electron chi connectivity index (χ0n) is 10.6. The van der Waals surface area contributed by atoms with Crippen molar-refractivity contribution in [2.75, 3.05) is 4.43 Å². The van der Waals surface area contributed by atoms with Crippen LogP contribution in [0.25, 0.3) is 0 Å². The summed E-state index contributed by atoms with van der Waals surface area (Å²) in [6.45, 7) is -0.617. The van der Waals surface area contributed by atoms with Gasteiger partial charge in [0.2, 0.25) is 5.78 Å². The van der Waals surface area contributed by atoms with Crippen LogP contribution < -0.4 is 5.32 Å². The molecule has 0 spiro atoms. The van der Waals surface area contributed by atoms with E-state index >= 15 is 0 Å². The van der Waals surface area contributed by atoms with E-state index in [1.54, 1.807) is 22.6 Å². The number of hydrogen-bond acceptors (Lipinski definition) is 2. The van der Waals surface area contributed by atoms with Gasteiger partial charge in [-0.2, -0.15) is 26.3 Å². The van der Waals surface area contributed by atoms with E-state index in [1.165, 1.54) is 0 Å². The quantitative estimate of drug-likeness (QED) is 0.339. The van der Waals surface area contributed by atoms with Crippen LogP contribution in [-0.2, 0) is 28.5 Å². The fourth-order valence-corrected chi connectivity index (χ4v) is 1.81. The molecule has 0 aliphatic heterocycles. The second kappa shape index (κ2) is 6.84. The molecule has 0 aliphatic carbocycles. The van der Waals surface area contributed by atoms with Crippen molar-refractivity contribution in [1.29, 1.82) is 0 Å². The Morgan fingerprint density at radius 2 is 1.41 bits per heavy atom. The largest absolute Gasteiger partial charge is 0.416 e. The number of halogens is 7. The summed E-state index contributed by atoms with van der Waals surface area (Å²) in [6.07, 6.45) is -9.92. The molecule has 1 rings (SSSR count). The molecule has 1 N–H and O–H groups in total. The maximum atomic E-state index is 12.6. The molecule has 0 saturated heterocycles. The Balaban J connectivity index is 3.09. The van der Waals surface area contributed by atoms with Crippen molar-refractivity contribution in [1.82, 2.24) is 5.32 Å². The van der Waals surface area contributed by atoms with Crippen LogP contribution in [0.3, 0.4) is 0 Å². The van der Waals surface area contributed by atoms with Crippen molar-refractivity contribution in [2.45, 2.75) is 18.9 Å². The van der Waals surface area contributed by atoms with Crippen molar-refractivity contribution in [3.8, 4) is 0 Å². The first-order valence-electron chi connectivity index (χ1n) is 5.60. The van der Waals surface area contributed by atoms with Crippen LogP contribution in [0.5, 0.6) is 0 Å². The number of carbonyl (C=O) groups excluding carboxylic acids is 2. The number of benzene rings is 1. The monoisotopic (exact) mass is 439 g/mol. The molecule has 122 valence electrons. The SMILES string of the molecule is O=C(CI)C(=O)NCc1cc(C(F)(F)F)cc(C(F)(F)F)c1. The maximum absolute atomic E-state index is 12.6. The van der Waals surface area contributed by atoms with E-state index in [1.807, 2.05) is 5.32 Å². The topological polar surface area (TPSA) is 46.2 Å². The molecule has 0 fully saturated rings. The molecule has 0 radical (unpaired) electrons. The minimum Gasteiger partial charge on any atom is -0.345 e. The Kier molecular flexibility index (Phi) is 5.82. The molecule has 0 aromatic heterocycles. The van der Waals surface area contributed by atoms with Gasteiger partial charge in [-0.1, -0.05) is 22.6 Å². The summed E-state index contributed by atoms with van der Waals surface area (Å²) >= 11 is 1.61. The smallest absolute Gasteiger partial charge is 0.345 e. The summed E-state index contributed by atoms with van der Waals surface area (Å²) < 4.78 is 75.5. The molecule has 10 heteroatoms. The van der Waals surface area contributed by atoms with Gasteiger partial charge in [0, 0.05) is 6.54 Å². The summed E-state index contributed by atoms with van der Waals surface area (Å²) in [5.74, 6) is -1.90. The van der Waals surface area contributed by atoms with E-state index in [-0.39, 0.29) is 10.5 Å². The zero-order chi connectivity index (χ0) is 17.1. The fraction of sp³-hybridized carbons (Fsp3) is 0.333. The summed E-state index contributed by atoms with van der Waals surface area (Å²) in [4.78, 5) is 22.2. The highest BCUT2D eigenvalue weighted by Gasteiger charge is 2.36. The lowest BCUT2D eigenvalue weighted by atomic mass is 10.0. The van der Waals surface area contributed by atoms with Gasteiger partial charge in [0.25, 0.3) is 5.91 Å². The summed E-state index contributed by atoms with van der Waals surface area (Å²) in [7, 11) is 0. The van der Waals surface area contributed by atoms with Crippen molar-refractivity contribution < 1.29 is 35.9 Å². The molecular weight excluding hydrogens is 431 g/mol. The van der Waals surface area contributed by atoms with Crippen molar-refractivity contribution in [2.24, 2.45) is 0 Å². The Morgan fingerprint density at radius 3 is 1.77 bits per heavy atom. The van der Waals surface area contributed by atoms with Crippen LogP contribution in [-0.4, -0.2) is 16.1 Å². The predicted octanol–water partition coefficient (Wildman–Crippen LogP) is 3.34. The van der Waals surface area contributed by atoms with Gasteiger partial charge in [-0.15, -0.1) is 0 Å². The van der Waals surface area contributed by atoms with E-state index < -0.39 is 47.3 Å². The predicted molar refractivity (Wildman–Crippen MR) is 72.2 cm³/mol. The second-order valence-electron chi connectivity index (χ2n) is 4.15. The summed E-state index contributed by atoms with van der Waals surface area (Å²) in [5.41, 5.74) is -3.37. The van der Waals surface area contributed by atoms with E-state index in [0.29, 0.717) is 12.1 Å².